The van der Waals surface area contributed by atoms with E-state index in [0.29, 0.717) is 77.4 Å². The molecule has 0 aliphatic carbocycles. The van der Waals surface area contributed by atoms with E-state index in [1.54, 1.807) is 0 Å². The molecule has 0 radical (unpaired) electrons. The number of likely N-dealkylation sites (tertiary alicyclic amines) is 4. The van der Waals surface area contributed by atoms with Gasteiger partial charge in [0, 0.05) is 170 Å². The van der Waals surface area contributed by atoms with Crippen LogP contribution in [0.3, 0.4) is 0 Å². The van der Waals surface area contributed by atoms with Gasteiger partial charge in [-0.1, -0.05) is 111 Å². The smallest absolute Gasteiger partial charge is 0.225 e. The molecule has 0 bridgehead atoms. The number of rotatable bonds is 19. The van der Waals surface area contributed by atoms with Crippen molar-refractivity contribution in [1.29, 1.82) is 0 Å². The molecule has 6 saturated heterocycles. The van der Waals surface area contributed by atoms with Crippen LogP contribution < -0.4 is 10.6 Å². The molecule has 0 saturated carbocycles. The largest absolute Gasteiger partial charge is 0.356 e. The molecule has 6 fully saturated rings. The molecular weight excluding hydrogens is 1090 g/mol. The molecule has 6 aliphatic rings. The Morgan fingerprint density at radius 1 is 0.345 bits per heavy atom. The van der Waals surface area contributed by atoms with Gasteiger partial charge >= 0.3 is 0 Å². The third-order valence-corrected chi connectivity index (χ3v) is 18.0. The van der Waals surface area contributed by atoms with Gasteiger partial charge in [0.25, 0.3) is 0 Å². The van der Waals surface area contributed by atoms with Crippen molar-refractivity contribution in [3.63, 3.8) is 0 Å². The van der Waals surface area contributed by atoms with Crippen LogP contribution in [0.1, 0.15) is 211 Å². The van der Waals surface area contributed by atoms with Crippen LogP contribution in [0.4, 0.5) is 0 Å². The van der Waals surface area contributed by atoms with Crippen LogP contribution in [0.2, 0.25) is 0 Å². The molecule has 6 rings (SSSR count). The standard InChI is InChI=1S/3C12H24N2O.2C12H23NO.C11H22N2O/c1-9(2)12(15)13-7-11-5-6-14(8-11)10(3)4;1-9(2)12(15)14-6-5-11(8-14)7-13-10(3)4;1-10(2)12(15)14-7-5-6-13(8-9-14)11(3)4;1-9(2)12(14)7-11-5-6-13(8-11)10(3)4;1-9(2)7-11-5-6-13(8-11)12(14)10(3)4;1-9(2)11(14)13-7-5-12(6-8-13)10(3)4/h9-11H,5-8H2,1-4H3,(H,13,15);9-11,13H,5-8H2,1-4H3;10-11H,5-9H2,1-4H3;2*9-11H,5-8H2,1-4H3;9-10H,5-8H2,1-4H3. The van der Waals surface area contributed by atoms with E-state index in [1.165, 1.54) is 38.8 Å². The molecule has 0 aromatic carbocycles. The van der Waals surface area contributed by atoms with Crippen molar-refractivity contribution in [2.75, 3.05) is 118 Å². The molecule has 0 aromatic heterocycles. The van der Waals surface area contributed by atoms with Crippen LogP contribution in [0.15, 0.2) is 0 Å². The van der Waals surface area contributed by atoms with Gasteiger partial charge in [-0.3, -0.25) is 38.6 Å². The van der Waals surface area contributed by atoms with Gasteiger partial charge in [-0.05, 0) is 143 Å². The molecule has 6 aliphatic heterocycles. The SMILES string of the molecule is CC(C)C(=O)CC1CCN(C(C)C)C1.CC(C)C(=O)N1CCCN(C(C)C)CC1.CC(C)C(=O)N1CCN(C(C)C)CC1.CC(C)C(=O)NCC1CCN(C(C)C)C1.CC(C)CC1CCN(C(=O)C(C)C)C1.CC(C)NCC1CCN(C(=O)C(C)C)C1. The third kappa shape index (κ3) is 33.1. The van der Waals surface area contributed by atoms with E-state index in [9.17, 15) is 28.8 Å². The highest BCUT2D eigenvalue weighted by molar-refractivity contribution is 5.81. The summed E-state index contributed by atoms with van der Waals surface area (Å²) in [4.78, 5) is 87.8. The zero-order valence-corrected chi connectivity index (χ0v) is 60.9. The van der Waals surface area contributed by atoms with Crippen molar-refractivity contribution < 1.29 is 28.8 Å². The van der Waals surface area contributed by atoms with Crippen LogP contribution in [-0.4, -0.2) is 223 Å². The zero-order valence-electron chi connectivity index (χ0n) is 60.9. The van der Waals surface area contributed by atoms with Gasteiger partial charge in [-0.25, -0.2) is 0 Å². The molecule has 16 heteroatoms. The molecule has 0 spiro atoms. The summed E-state index contributed by atoms with van der Waals surface area (Å²) in [5, 5.41) is 6.46. The van der Waals surface area contributed by atoms with E-state index < -0.39 is 0 Å². The molecule has 5 amide bonds. The molecule has 87 heavy (non-hydrogen) atoms. The number of amides is 5. The Balaban J connectivity index is 0.000000522. The van der Waals surface area contributed by atoms with Crippen LogP contribution in [-0.2, 0) is 28.8 Å². The number of Topliss-reactive ketones (excluding diaryl/α,β-unsaturated/α-hetero) is 1. The van der Waals surface area contributed by atoms with Crippen LogP contribution in [0.25, 0.3) is 0 Å². The van der Waals surface area contributed by atoms with Crippen LogP contribution in [0, 0.1) is 65.1 Å². The predicted molar refractivity (Wildman–Crippen MR) is 364 cm³/mol. The number of carbonyl (C=O) groups excluding carboxylic acids is 6. The van der Waals surface area contributed by atoms with E-state index in [0.717, 1.165) is 136 Å². The number of ketones is 1. The third-order valence-electron chi connectivity index (χ3n) is 18.0. The van der Waals surface area contributed by atoms with E-state index in [4.69, 9.17) is 0 Å². The van der Waals surface area contributed by atoms with Gasteiger partial charge in [-0.15, -0.1) is 0 Å². The normalized spacial score (nSPS) is 21.6. The monoisotopic (exact) mass is 1230 g/mol. The first kappa shape index (κ1) is 81.8. The molecule has 4 unspecified atom stereocenters. The maximum Gasteiger partial charge on any atom is 0.225 e. The van der Waals surface area contributed by atoms with Crippen molar-refractivity contribution in [2.45, 2.75) is 241 Å². The first-order chi connectivity index (χ1) is 40.6. The van der Waals surface area contributed by atoms with Crippen molar-refractivity contribution in [3.05, 3.63) is 0 Å². The molecule has 2 N–H and O–H groups in total. The summed E-state index contributed by atoms with van der Waals surface area (Å²) in [7, 11) is 0. The van der Waals surface area contributed by atoms with Gasteiger partial charge in [0.15, 0.2) is 0 Å². The number of hydrogen-bond donors (Lipinski definition) is 2. The zero-order chi connectivity index (χ0) is 66.4. The van der Waals surface area contributed by atoms with Gasteiger partial charge in [-0.2, -0.15) is 0 Å². The van der Waals surface area contributed by atoms with Gasteiger partial charge in [0.05, 0.1) is 0 Å². The highest BCUT2D eigenvalue weighted by atomic mass is 16.2. The second-order valence-corrected chi connectivity index (χ2v) is 30.2. The fourth-order valence-corrected chi connectivity index (χ4v) is 12.1. The number of nitrogens with one attached hydrogen (secondary N) is 2. The summed E-state index contributed by atoms with van der Waals surface area (Å²) in [5.74, 6) is 6.16. The average Bonchev–Trinajstić information content (AvgIpc) is 4.54. The fourth-order valence-electron chi connectivity index (χ4n) is 12.1. The van der Waals surface area contributed by atoms with E-state index >= 15 is 0 Å². The Labute approximate surface area is 535 Å². The fraction of sp³-hybridized carbons (Fsp3) is 0.915. The quantitative estimate of drug-likeness (QED) is 0.127. The van der Waals surface area contributed by atoms with E-state index in [1.807, 2.05) is 103 Å². The minimum atomic E-state index is 0.104. The lowest BCUT2D eigenvalue weighted by molar-refractivity contribution is -0.136. The number of nitrogens with zero attached hydrogens (tertiary/aromatic N) is 8. The van der Waals surface area contributed by atoms with Crippen LogP contribution >= 0.6 is 0 Å². The topological polar surface area (TPSA) is 152 Å². The first-order valence-electron chi connectivity index (χ1n) is 35.2. The second-order valence-electron chi connectivity index (χ2n) is 30.2. The molecule has 510 valence electrons. The first-order valence-corrected chi connectivity index (χ1v) is 35.2. The highest BCUT2D eigenvalue weighted by Gasteiger charge is 2.31. The lowest BCUT2D eigenvalue weighted by Crippen LogP contribution is -2.51. The Kier molecular flexibility index (Phi) is 40.3. The second kappa shape index (κ2) is 42.8. The Morgan fingerprint density at radius 3 is 1.10 bits per heavy atom. The average molecular weight is 1230 g/mol. The molecule has 6 heterocycles. The van der Waals surface area contributed by atoms with Crippen molar-refractivity contribution in [1.82, 2.24) is 49.8 Å². The van der Waals surface area contributed by atoms with E-state index in [-0.39, 0.29) is 41.4 Å². The minimum absolute atomic E-state index is 0.104. The summed E-state index contributed by atoms with van der Waals surface area (Å²) in [6.07, 6.45) is 7.95. The summed E-state index contributed by atoms with van der Waals surface area (Å²) >= 11 is 0. The van der Waals surface area contributed by atoms with Crippen molar-refractivity contribution >= 4 is 35.3 Å². The number of piperazine rings is 1. The lowest BCUT2D eigenvalue weighted by atomic mass is 9.96. The summed E-state index contributed by atoms with van der Waals surface area (Å²) in [6.45, 7) is 68.5. The lowest BCUT2D eigenvalue weighted by Gasteiger charge is -2.37. The minimum Gasteiger partial charge on any atom is -0.356 e. The molecular formula is C71H140N10O6. The van der Waals surface area contributed by atoms with Crippen molar-refractivity contribution in [2.24, 2.45) is 65.1 Å². The summed E-state index contributed by atoms with van der Waals surface area (Å²) < 4.78 is 0. The summed E-state index contributed by atoms with van der Waals surface area (Å²) in [6, 6.07) is 3.01. The molecule has 0 aromatic rings. The van der Waals surface area contributed by atoms with Gasteiger partial charge in [0.2, 0.25) is 29.5 Å². The van der Waals surface area contributed by atoms with Crippen LogP contribution in [0.5, 0.6) is 0 Å². The molecule has 16 nitrogen and oxygen atoms in total. The summed E-state index contributed by atoms with van der Waals surface area (Å²) in [5.41, 5.74) is 0. The van der Waals surface area contributed by atoms with Crippen molar-refractivity contribution in [3.8, 4) is 0 Å². The Hall–Kier alpha value is -3.18. The Morgan fingerprint density at radius 2 is 0.713 bits per heavy atom. The Bertz CT molecular complexity index is 1910. The molecule has 4 atom stereocenters. The van der Waals surface area contributed by atoms with Gasteiger partial charge < -0.3 is 40.0 Å². The predicted octanol–water partition coefficient (Wildman–Crippen LogP) is 10.6. The highest BCUT2D eigenvalue weighted by Crippen LogP contribution is 2.26. The van der Waals surface area contributed by atoms with E-state index in [2.05, 4.69) is 113 Å². The number of hydrogen-bond acceptors (Lipinski definition) is 11. The van der Waals surface area contributed by atoms with Gasteiger partial charge in [0.1, 0.15) is 5.78 Å². The maximum atomic E-state index is 11.8. The number of carbonyl (C=O) groups is 6. The maximum absolute atomic E-state index is 11.8.